The highest BCUT2D eigenvalue weighted by atomic mass is 19.2. The normalized spacial score (nSPS) is 11.5. The van der Waals surface area contributed by atoms with Gasteiger partial charge >= 0.3 is 0 Å². The third-order valence-electron chi connectivity index (χ3n) is 13.4. The van der Waals surface area contributed by atoms with Crippen molar-refractivity contribution in [2.24, 2.45) is 0 Å². The summed E-state index contributed by atoms with van der Waals surface area (Å²) in [5.74, 6) is -5.61. The minimum Gasteiger partial charge on any atom is -0.310 e. The molecule has 0 amide bonds. The van der Waals surface area contributed by atoms with E-state index < -0.39 is 46.5 Å². The Morgan fingerprint density at radius 1 is 0.243 bits per heavy atom. The molecule has 0 atom stereocenters. The minimum atomic E-state index is -0.863. The lowest BCUT2D eigenvalue weighted by atomic mass is 9.91. The summed E-state index contributed by atoms with van der Waals surface area (Å²) in [6, 6.07) is 55.8. The summed E-state index contributed by atoms with van der Waals surface area (Å²) in [6.07, 6.45) is 0. The average molecular weight is 985 g/mol. The summed E-state index contributed by atoms with van der Waals surface area (Å²) in [5, 5.41) is 4.17. The first kappa shape index (κ1) is 45.8. The largest absolute Gasteiger partial charge is 0.310 e. The van der Waals surface area contributed by atoms with Gasteiger partial charge in [-0.1, -0.05) is 109 Å². The van der Waals surface area contributed by atoms with Crippen molar-refractivity contribution >= 4 is 66.4 Å². The van der Waals surface area contributed by atoms with Crippen LogP contribution in [-0.4, -0.2) is 0 Å². The van der Waals surface area contributed by atoms with E-state index in [9.17, 15) is 0 Å². The third kappa shape index (κ3) is 8.20. The Bertz CT molecular complexity index is 3740. The second-order valence-corrected chi connectivity index (χ2v) is 18.0. The van der Waals surface area contributed by atoms with E-state index in [-0.39, 0.29) is 33.6 Å². The molecular weight excluding hydrogens is 949 g/mol. The van der Waals surface area contributed by atoms with Crippen LogP contribution in [0.5, 0.6) is 0 Å². The lowest BCUT2D eigenvalue weighted by molar-refractivity contribution is 0.583. The fraction of sp³-hybridized carbons (Fsp3) is 0. The zero-order valence-corrected chi connectivity index (χ0v) is 38.7. The second kappa shape index (κ2) is 18.4. The molecule has 0 N–H and O–H groups in total. The van der Waals surface area contributed by atoms with Crippen LogP contribution in [0.3, 0.4) is 0 Å². The number of hydrogen-bond donors (Lipinski definition) is 0. The third-order valence-corrected chi connectivity index (χ3v) is 13.4. The summed E-state index contributed by atoms with van der Waals surface area (Å²) in [6.45, 7) is 0. The Morgan fingerprint density at radius 2 is 0.514 bits per heavy atom. The van der Waals surface area contributed by atoms with Crippen molar-refractivity contribution in [3.05, 3.63) is 265 Å². The minimum absolute atomic E-state index is 0.0723. The summed E-state index contributed by atoms with van der Waals surface area (Å²) >= 11 is 0. The first-order chi connectivity index (χ1) is 35.9. The van der Waals surface area contributed by atoms with Gasteiger partial charge in [0.1, 0.15) is 46.5 Å². The van der Waals surface area contributed by atoms with E-state index >= 15 is 35.1 Å². The number of benzene rings is 12. The molecule has 12 aromatic carbocycles. The van der Waals surface area contributed by atoms with Gasteiger partial charge in [0.05, 0.1) is 22.7 Å². The lowest BCUT2D eigenvalue weighted by Crippen LogP contribution is -2.13. The standard InChI is InChI=1S/C64H36F8N2/c65-43-31-44(66)34-49(33-43)73(47-27-39(51-9-1-5-13-57(51)69)25-40(28-47)52-10-2-6-14-58(52)70)61-23-19-37-18-22-56-62(24-20-38-17-21-55(61)63(37)64(38)56)74(50-35-45(67)32-46(68)36-50)48-29-41(53-11-3-7-15-59(53)71)26-42(30-48)54-12-4-8-16-60(54)72/h1-36H. The number of halogens is 8. The maximum atomic E-state index is 15.7. The van der Waals surface area contributed by atoms with Crippen LogP contribution in [0, 0.1) is 46.5 Å². The van der Waals surface area contributed by atoms with E-state index in [1.165, 1.54) is 48.5 Å². The Hall–Kier alpha value is -9.28. The number of hydrogen-bond acceptors (Lipinski definition) is 2. The zero-order chi connectivity index (χ0) is 50.8. The van der Waals surface area contributed by atoms with Gasteiger partial charge < -0.3 is 9.80 Å². The molecule has 12 aromatic rings. The molecule has 0 unspecified atom stereocenters. The zero-order valence-electron chi connectivity index (χ0n) is 38.7. The maximum Gasteiger partial charge on any atom is 0.131 e. The Morgan fingerprint density at radius 3 is 0.811 bits per heavy atom. The Kier molecular flexibility index (Phi) is 11.4. The van der Waals surface area contributed by atoms with Crippen LogP contribution in [0.2, 0.25) is 0 Å². The Balaban J connectivity index is 1.13. The van der Waals surface area contributed by atoms with Crippen molar-refractivity contribution in [1.29, 1.82) is 0 Å². The molecular formula is C64H36F8N2. The average Bonchev–Trinajstić information content (AvgIpc) is 3.39. The van der Waals surface area contributed by atoms with Crippen LogP contribution < -0.4 is 9.80 Å². The molecule has 0 spiro atoms. The van der Waals surface area contributed by atoms with Crippen LogP contribution in [0.15, 0.2) is 218 Å². The first-order valence-corrected chi connectivity index (χ1v) is 23.5. The summed E-state index contributed by atoms with van der Waals surface area (Å²) in [5.41, 5.74) is 4.01. The van der Waals surface area contributed by atoms with Gasteiger partial charge in [0, 0.05) is 56.5 Å². The van der Waals surface area contributed by atoms with E-state index in [4.69, 9.17) is 0 Å². The Labute approximate surface area is 419 Å². The summed E-state index contributed by atoms with van der Waals surface area (Å²) < 4.78 is 125. The first-order valence-electron chi connectivity index (χ1n) is 23.5. The van der Waals surface area contributed by atoms with Crippen LogP contribution in [-0.2, 0) is 0 Å². The van der Waals surface area contributed by atoms with Crippen LogP contribution >= 0.6 is 0 Å². The monoisotopic (exact) mass is 984 g/mol. The van der Waals surface area contributed by atoms with Gasteiger partial charge in [0.15, 0.2) is 0 Å². The van der Waals surface area contributed by atoms with E-state index in [2.05, 4.69) is 0 Å². The van der Waals surface area contributed by atoms with Gasteiger partial charge in [-0.15, -0.1) is 0 Å². The van der Waals surface area contributed by atoms with E-state index in [1.807, 2.05) is 48.5 Å². The number of nitrogens with zero attached hydrogens (tertiary/aromatic N) is 2. The van der Waals surface area contributed by atoms with Crippen molar-refractivity contribution < 1.29 is 35.1 Å². The van der Waals surface area contributed by atoms with E-state index in [1.54, 1.807) is 119 Å². The van der Waals surface area contributed by atoms with Gasteiger partial charge in [-0.25, -0.2) is 35.1 Å². The molecule has 12 rings (SSSR count). The van der Waals surface area contributed by atoms with E-state index in [0.29, 0.717) is 66.5 Å². The highest BCUT2D eigenvalue weighted by molar-refractivity contribution is 6.28. The molecule has 0 saturated carbocycles. The molecule has 0 aliphatic carbocycles. The molecule has 0 heterocycles. The summed E-state index contributed by atoms with van der Waals surface area (Å²) in [4.78, 5) is 3.29. The van der Waals surface area contributed by atoms with Crippen LogP contribution in [0.25, 0.3) is 76.8 Å². The molecule has 0 aliphatic rings. The molecule has 0 aliphatic heterocycles. The fourth-order valence-electron chi connectivity index (χ4n) is 10.2. The van der Waals surface area contributed by atoms with Crippen molar-refractivity contribution in [2.75, 3.05) is 9.80 Å². The SMILES string of the molecule is Fc1cc(F)cc(N(c2cc(-c3ccccc3F)cc(-c3ccccc3F)c2)c2ccc3ccc4c(N(c5cc(F)cc(F)c5)c5cc(-c6ccccc6F)cc(-c6ccccc6F)c5)ccc5ccc2c3c54)c1. The van der Waals surface area contributed by atoms with E-state index in [0.717, 1.165) is 22.9 Å². The molecule has 0 aromatic heterocycles. The molecule has 74 heavy (non-hydrogen) atoms. The maximum absolute atomic E-state index is 15.7. The fourth-order valence-corrected chi connectivity index (χ4v) is 10.2. The molecule has 0 saturated heterocycles. The smallest absolute Gasteiger partial charge is 0.131 e. The highest BCUT2D eigenvalue weighted by Gasteiger charge is 2.26. The highest BCUT2D eigenvalue weighted by Crippen LogP contribution is 2.50. The molecule has 358 valence electrons. The lowest BCUT2D eigenvalue weighted by Gasteiger charge is -2.30. The van der Waals surface area contributed by atoms with Gasteiger partial charge in [0.2, 0.25) is 0 Å². The molecule has 0 radical (unpaired) electrons. The predicted octanol–water partition coefficient (Wildman–Crippen LogP) is 19.3. The molecule has 0 bridgehead atoms. The molecule has 10 heteroatoms. The van der Waals surface area contributed by atoms with Crippen LogP contribution in [0.1, 0.15) is 0 Å². The van der Waals surface area contributed by atoms with Gasteiger partial charge in [-0.05, 0) is 141 Å². The van der Waals surface area contributed by atoms with Crippen molar-refractivity contribution in [1.82, 2.24) is 0 Å². The van der Waals surface area contributed by atoms with Crippen molar-refractivity contribution in [2.45, 2.75) is 0 Å². The number of rotatable bonds is 10. The van der Waals surface area contributed by atoms with Crippen LogP contribution in [0.4, 0.5) is 69.2 Å². The van der Waals surface area contributed by atoms with Gasteiger partial charge in [-0.2, -0.15) is 0 Å². The quantitative estimate of drug-likeness (QED) is 0.0995. The van der Waals surface area contributed by atoms with Crippen molar-refractivity contribution in [3.63, 3.8) is 0 Å². The van der Waals surface area contributed by atoms with Gasteiger partial charge in [0.25, 0.3) is 0 Å². The summed E-state index contributed by atoms with van der Waals surface area (Å²) in [7, 11) is 0. The molecule has 0 fully saturated rings. The second-order valence-electron chi connectivity index (χ2n) is 18.0. The predicted molar refractivity (Wildman–Crippen MR) is 281 cm³/mol. The van der Waals surface area contributed by atoms with Gasteiger partial charge in [-0.3, -0.25) is 0 Å². The number of anilines is 6. The topological polar surface area (TPSA) is 6.48 Å². The van der Waals surface area contributed by atoms with Crippen molar-refractivity contribution in [3.8, 4) is 44.5 Å². The molecule has 2 nitrogen and oxygen atoms in total.